The summed E-state index contributed by atoms with van der Waals surface area (Å²) in [6.45, 7) is 5.89. The molecule has 1 fully saturated rings. The molecule has 1 saturated heterocycles. The smallest absolute Gasteiger partial charge is 0.101 e. The largest absolute Gasteiger partial charge is 0.366 e. The molecule has 0 amide bonds. The lowest BCUT2D eigenvalue weighted by Gasteiger charge is -2.33. The number of nitrogens with two attached hydrogens (primary N) is 1. The highest BCUT2D eigenvalue weighted by Gasteiger charge is 2.24. The van der Waals surface area contributed by atoms with E-state index in [1.165, 1.54) is 0 Å². The van der Waals surface area contributed by atoms with Gasteiger partial charge >= 0.3 is 0 Å². The molecule has 1 unspecified atom stereocenters. The number of hydrogen-bond donors (Lipinski definition) is 1. The van der Waals surface area contributed by atoms with Crippen LogP contribution >= 0.6 is 0 Å². The zero-order valence-corrected chi connectivity index (χ0v) is 12.5. The van der Waals surface area contributed by atoms with Gasteiger partial charge in [0.25, 0.3) is 0 Å². The lowest BCUT2D eigenvalue weighted by Crippen LogP contribution is -2.40. The molecular weight excluding hydrogens is 248 g/mol. The van der Waals surface area contributed by atoms with Crippen molar-refractivity contribution in [3.05, 3.63) is 29.3 Å². The van der Waals surface area contributed by atoms with Crippen molar-refractivity contribution in [1.82, 2.24) is 4.90 Å². The third kappa shape index (κ3) is 3.12. The SMILES string of the molecule is CCC1CN(C)CCCN1c1ccc(CN)cc1C#N. The Balaban J connectivity index is 2.35. The average Bonchev–Trinajstić information content (AvgIpc) is 2.67. The van der Waals surface area contributed by atoms with Gasteiger partial charge in [-0.25, -0.2) is 0 Å². The molecule has 108 valence electrons. The molecule has 0 radical (unpaired) electrons. The molecule has 2 N–H and O–H groups in total. The number of rotatable bonds is 3. The Bertz CT molecular complexity index is 492. The van der Waals surface area contributed by atoms with E-state index in [-0.39, 0.29) is 0 Å². The highest BCUT2D eigenvalue weighted by atomic mass is 15.2. The van der Waals surface area contributed by atoms with Crippen LogP contribution in [-0.2, 0) is 6.54 Å². The molecule has 20 heavy (non-hydrogen) atoms. The first-order valence-corrected chi connectivity index (χ1v) is 7.37. The summed E-state index contributed by atoms with van der Waals surface area (Å²) in [7, 11) is 2.18. The minimum atomic E-state index is 0.471. The zero-order valence-electron chi connectivity index (χ0n) is 12.5. The molecule has 2 rings (SSSR count). The maximum atomic E-state index is 9.42. The van der Waals surface area contributed by atoms with Crippen LogP contribution < -0.4 is 10.6 Å². The first-order chi connectivity index (χ1) is 9.69. The first-order valence-electron chi connectivity index (χ1n) is 7.37. The van der Waals surface area contributed by atoms with Crippen molar-refractivity contribution in [2.45, 2.75) is 32.4 Å². The summed E-state index contributed by atoms with van der Waals surface area (Å²) in [5, 5.41) is 9.42. The molecule has 0 aromatic heterocycles. The molecule has 1 aromatic rings. The average molecular weight is 272 g/mol. The van der Waals surface area contributed by atoms with Crippen LogP contribution in [-0.4, -0.2) is 37.6 Å². The molecular formula is C16H24N4. The fraction of sp³-hybridized carbons (Fsp3) is 0.562. The zero-order chi connectivity index (χ0) is 14.5. The number of hydrogen-bond acceptors (Lipinski definition) is 4. The Kier molecular flexibility index (Phi) is 4.99. The van der Waals surface area contributed by atoms with Gasteiger partial charge in [-0.05, 0) is 44.1 Å². The standard InChI is InChI=1S/C16H24N4/c1-3-15-12-19(2)7-4-8-20(15)16-6-5-13(10-17)9-14(16)11-18/h5-6,9,15H,3-4,7-8,10,12,17H2,1-2H3. The van der Waals surface area contributed by atoms with Crippen LogP contribution in [0.3, 0.4) is 0 Å². The number of likely N-dealkylation sites (N-methyl/N-ethyl adjacent to an activating group) is 1. The third-order valence-corrected chi connectivity index (χ3v) is 4.10. The van der Waals surface area contributed by atoms with Crippen molar-refractivity contribution in [3.8, 4) is 6.07 Å². The predicted molar refractivity (Wildman–Crippen MR) is 82.6 cm³/mol. The van der Waals surface area contributed by atoms with Crippen LogP contribution in [0.4, 0.5) is 5.69 Å². The van der Waals surface area contributed by atoms with Crippen molar-refractivity contribution < 1.29 is 0 Å². The summed E-state index contributed by atoms with van der Waals surface area (Å²) in [6, 6.07) is 8.83. The van der Waals surface area contributed by atoms with Gasteiger partial charge in [-0.1, -0.05) is 13.0 Å². The monoisotopic (exact) mass is 272 g/mol. The molecule has 1 heterocycles. The van der Waals surface area contributed by atoms with E-state index in [2.05, 4.69) is 35.9 Å². The van der Waals surface area contributed by atoms with Gasteiger partial charge < -0.3 is 15.5 Å². The topological polar surface area (TPSA) is 56.3 Å². The van der Waals surface area contributed by atoms with E-state index in [4.69, 9.17) is 5.73 Å². The predicted octanol–water partition coefficient (Wildman–Crippen LogP) is 1.94. The minimum absolute atomic E-state index is 0.471. The molecule has 0 aliphatic carbocycles. The lowest BCUT2D eigenvalue weighted by molar-refractivity contribution is 0.328. The second kappa shape index (κ2) is 6.74. The Morgan fingerprint density at radius 3 is 2.85 bits per heavy atom. The van der Waals surface area contributed by atoms with Gasteiger partial charge in [0.2, 0.25) is 0 Å². The summed E-state index contributed by atoms with van der Waals surface area (Å²) < 4.78 is 0. The molecule has 4 heteroatoms. The third-order valence-electron chi connectivity index (χ3n) is 4.10. The molecule has 4 nitrogen and oxygen atoms in total. The number of nitriles is 1. The van der Waals surface area contributed by atoms with Crippen LogP contribution in [0.25, 0.3) is 0 Å². The fourth-order valence-corrected chi connectivity index (χ4v) is 2.96. The number of anilines is 1. The van der Waals surface area contributed by atoms with Gasteiger partial charge in [-0.15, -0.1) is 0 Å². The summed E-state index contributed by atoms with van der Waals surface area (Å²) in [4.78, 5) is 4.79. The Morgan fingerprint density at radius 1 is 1.40 bits per heavy atom. The van der Waals surface area contributed by atoms with Gasteiger partial charge in [0.15, 0.2) is 0 Å². The van der Waals surface area contributed by atoms with Gasteiger partial charge in [-0.2, -0.15) is 5.26 Å². The van der Waals surface area contributed by atoms with Crippen molar-refractivity contribution in [3.63, 3.8) is 0 Å². The van der Waals surface area contributed by atoms with Crippen molar-refractivity contribution in [1.29, 1.82) is 5.26 Å². The van der Waals surface area contributed by atoms with Crippen LogP contribution in [0, 0.1) is 11.3 Å². The van der Waals surface area contributed by atoms with Crippen LogP contribution in [0.15, 0.2) is 18.2 Å². The molecule has 1 atom stereocenters. The summed E-state index contributed by atoms with van der Waals surface area (Å²) in [6.07, 6.45) is 2.23. The highest BCUT2D eigenvalue weighted by molar-refractivity contribution is 5.61. The Morgan fingerprint density at radius 2 is 2.20 bits per heavy atom. The lowest BCUT2D eigenvalue weighted by atomic mass is 10.1. The van der Waals surface area contributed by atoms with E-state index in [9.17, 15) is 5.26 Å². The van der Waals surface area contributed by atoms with Gasteiger partial charge in [-0.3, -0.25) is 0 Å². The Labute approximate surface area is 121 Å². The fourth-order valence-electron chi connectivity index (χ4n) is 2.96. The van der Waals surface area contributed by atoms with Crippen molar-refractivity contribution in [2.24, 2.45) is 5.73 Å². The summed E-state index contributed by atoms with van der Waals surface area (Å²) in [5.41, 5.74) is 8.50. The second-order valence-corrected chi connectivity index (χ2v) is 5.54. The normalized spacial score (nSPS) is 20.5. The molecule has 0 spiro atoms. The second-order valence-electron chi connectivity index (χ2n) is 5.54. The quantitative estimate of drug-likeness (QED) is 0.913. The van der Waals surface area contributed by atoms with E-state index in [1.54, 1.807) is 0 Å². The number of benzene rings is 1. The van der Waals surface area contributed by atoms with E-state index < -0.39 is 0 Å². The van der Waals surface area contributed by atoms with Crippen molar-refractivity contribution >= 4 is 5.69 Å². The highest BCUT2D eigenvalue weighted by Crippen LogP contribution is 2.26. The maximum Gasteiger partial charge on any atom is 0.101 e. The minimum Gasteiger partial charge on any atom is -0.366 e. The molecule has 1 aliphatic rings. The summed E-state index contributed by atoms with van der Waals surface area (Å²) in [5.74, 6) is 0. The van der Waals surface area contributed by atoms with Crippen LogP contribution in [0.5, 0.6) is 0 Å². The number of nitrogens with zero attached hydrogens (tertiary/aromatic N) is 3. The maximum absolute atomic E-state index is 9.42. The van der Waals surface area contributed by atoms with E-state index >= 15 is 0 Å². The Hall–Kier alpha value is -1.57. The molecule has 1 aliphatic heterocycles. The van der Waals surface area contributed by atoms with Crippen LogP contribution in [0.1, 0.15) is 30.9 Å². The molecule has 1 aromatic carbocycles. The van der Waals surface area contributed by atoms with Crippen LogP contribution in [0.2, 0.25) is 0 Å². The van der Waals surface area contributed by atoms with E-state index in [0.29, 0.717) is 12.6 Å². The van der Waals surface area contributed by atoms with Gasteiger partial charge in [0, 0.05) is 25.7 Å². The molecule has 0 bridgehead atoms. The van der Waals surface area contributed by atoms with E-state index in [1.807, 2.05) is 12.1 Å². The summed E-state index contributed by atoms with van der Waals surface area (Å²) >= 11 is 0. The first kappa shape index (κ1) is 14.8. The van der Waals surface area contributed by atoms with Crippen molar-refractivity contribution in [2.75, 3.05) is 31.6 Å². The van der Waals surface area contributed by atoms with E-state index in [0.717, 1.165) is 49.3 Å². The molecule has 0 saturated carbocycles. The van der Waals surface area contributed by atoms with Gasteiger partial charge in [0.1, 0.15) is 6.07 Å². The van der Waals surface area contributed by atoms with Gasteiger partial charge in [0.05, 0.1) is 11.3 Å².